The van der Waals surface area contributed by atoms with Crippen LogP contribution in [0.1, 0.15) is 31.2 Å². The van der Waals surface area contributed by atoms with Crippen LogP contribution in [0.5, 0.6) is 0 Å². The van der Waals surface area contributed by atoms with Crippen LogP contribution < -0.4 is 5.32 Å². The van der Waals surface area contributed by atoms with Crippen LogP contribution in [0.3, 0.4) is 0 Å². The number of nitrogens with zero attached hydrogens (tertiary/aromatic N) is 1. The van der Waals surface area contributed by atoms with Gasteiger partial charge in [-0.05, 0) is 30.5 Å². The number of carbonyl (C=O) groups excluding carboxylic acids is 2. The minimum absolute atomic E-state index is 0.0221. The van der Waals surface area contributed by atoms with Gasteiger partial charge in [0.1, 0.15) is 11.4 Å². The number of imide groups is 1. The molecule has 1 saturated heterocycles. The van der Waals surface area contributed by atoms with Gasteiger partial charge in [-0.15, -0.1) is 0 Å². The number of benzene rings is 1. The van der Waals surface area contributed by atoms with Crippen LogP contribution in [-0.2, 0) is 11.3 Å². The van der Waals surface area contributed by atoms with Crippen molar-refractivity contribution in [2.75, 3.05) is 0 Å². The first kappa shape index (κ1) is 13.4. The molecule has 0 aromatic heterocycles. The predicted molar refractivity (Wildman–Crippen MR) is 71.7 cm³/mol. The summed E-state index contributed by atoms with van der Waals surface area (Å²) in [7, 11) is 0. The molecule has 106 valence electrons. The Bertz CT molecular complexity index is 585. The molecule has 3 rings (SSSR count). The van der Waals surface area contributed by atoms with Gasteiger partial charge >= 0.3 is 6.03 Å². The van der Waals surface area contributed by atoms with Gasteiger partial charge in [-0.2, -0.15) is 0 Å². The minimum atomic E-state index is -0.724. The molecule has 6 heteroatoms. The van der Waals surface area contributed by atoms with Crippen molar-refractivity contribution in [1.82, 2.24) is 10.2 Å². The molecule has 1 spiro atoms. The third kappa shape index (κ3) is 1.97. The zero-order valence-electron chi connectivity index (χ0n) is 10.8. The average Bonchev–Trinajstić information content (AvgIpc) is 2.97. The van der Waals surface area contributed by atoms with E-state index in [1.165, 1.54) is 12.1 Å². The maximum absolute atomic E-state index is 13.2. The maximum Gasteiger partial charge on any atom is 0.325 e. The lowest BCUT2D eigenvalue weighted by molar-refractivity contribution is -0.126. The van der Waals surface area contributed by atoms with Gasteiger partial charge in [-0.3, -0.25) is 10.1 Å². The lowest BCUT2D eigenvalue weighted by atomic mass is 9.95. The molecular formula is C14H14ClFN2O2. The summed E-state index contributed by atoms with van der Waals surface area (Å²) in [5, 5.41) is 2.41. The Morgan fingerprint density at radius 2 is 2.00 bits per heavy atom. The van der Waals surface area contributed by atoms with E-state index in [0.29, 0.717) is 18.4 Å². The quantitative estimate of drug-likeness (QED) is 0.853. The topological polar surface area (TPSA) is 49.4 Å². The second kappa shape index (κ2) is 4.74. The van der Waals surface area contributed by atoms with Crippen molar-refractivity contribution in [3.63, 3.8) is 0 Å². The minimum Gasteiger partial charge on any atom is -0.305 e. The highest BCUT2D eigenvalue weighted by molar-refractivity contribution is 6.30. The largest absolute Gasteiger partial charge is 0.325 e. The van der Waals surface area contributed by atoms with Crippen LogP contribution in [0.4, 0.5) is 9.18 Å². The average molecular weight is 297 g/mol. The molecular weight excluding hydrogens is 283 g/mol. The normalized spacial score (nSPS) is 20.8. The number of nitrogens with one attached hydrogen (secondary N) is 1. The fraction of sp³-hybridized carbons (Fsp3) is 0.429. The highest BCUT2D eigenvalue weighted by atomic mass is 35.5. The Morgan fingerprint density at radius 1 is 1.30 bits per heavy atom. The summed E-state index contributed by atoms with van der Waals surface area (Å²) in [6.45, 7) is 0.261. The van der Waals surface area contributed by atoms with E-state index in [0.717, 1.165) is 12.8 Å². The second-order valence-corrected chi connectivity index (χ2v) is 5.74. The van der Waals surface area contributed by atoms with E-state index in [4.69, 9.17) is 11.6 Å². The second-order valence-electron chi connectivity index (χ2n) is 5.33. The van der Waals surface area contributed by atoms with Crippen LogP contribution in [-0.4, -0.2) is 22.4 Å². The van der Waals surface area contributed by atoms with E-state index >= 15 is 0 Å². The van der Waals surface area contributed by atoms with Crippen molar-refractivity contribution in [2.45, 2.75) is 37.8 Å². The van der Waals surface area contributed by atoms with Crippen LogP contribution in [0.2, 0.25) is 5.02 Å². The van der Waals surface area contributed by atoms with E-state index in [1.807, 2.05) is 0 Å². The number of amides is 3. The summed E-state index contributed by atoms with van der Waals surface area (Å²) < 4.78 is 13.2. The fourth-order valence-electron chi connectivity index (χ4n) is 3.10. The Morgan fingerprint density at radius 3 is 2.65 bits per heavy atom. The summed E-state index contributed by atoms with van der Waals surface area (Å²) in [5.41, 5.74) is -0.00896. The molecule has 0 unspecified atom stereocenters. The first-order valence-corrected chi connectivity index (χ1v) is 6.98. The SMILES string of the molecule is O=C1NC(=O)C2(CCCC2)N1Cc1ccc(F)c(Cl)c1. The van der Waals surface area contributed by atoms with Gasteiger partial charge in [0.25, 0.3) is 5.91 Å². The molecule has 1 aromatic rings. The number of carbonyl (C=O) groups is 2. The molecule has 1 aromatic carbocycles. The van der Waals surface area contributed by atoms with Crippen molar-refractivity contribution < 1.29 is 14.0 Å². The molecule has 0 bridgehead atoms. The van der Waals surface area contributed by atoms with Crippen LogP contribution in [0.15, 0.2) is 18.2 Å². The summed E-state index contributed by atoms with van der Waals surface area (Å²) in [5.74, 6) is -0.707. The summed E-state index contributed by atoms with van der Waals surface area (Å²) in [6.07, 6.45) is 3.22. The Balaban J connectivity index is 1.89. The molecule has 20 heavy (non-hydrogen) atoms. The van der Waals surface area contributed by atoms with Gasteiger partial charge < -0.3 is 4.90 Å². The highest BCUT2D eigenvalue weighted by Crippen LogP contribution is 2.39. The molecule has 0 atom stereocenters. The zero-order chi connectivity index (χ0) is 14.3. The van der Waals surface area contributed by atoms with Crippen molar-refractivity contribution in [2.24, 2.45) is 0 Å². The van der Waals surface area contributed by atoms with E-state index in [1.54, 1.807) is 11.0 Å². The molecule has 1 heterocycles. The molecule has 1 aliphatic carbocycles. The first-order valence-electron chi connectivity index (χ1n) is 6.60. The number of hydrogen-bond acceptors (Lipinski definition) is 2. The van der Waals surface area contributed by atoms with Gasteiger partial charge in [-0.25, -0.2) is 9.18 Å². The van der Waals surface area contributed by atoms with Crippen molar-refractivity contribution in [3.05, 3.63) is 34.6 Å². The molecule has 2 aliphatic rings. The smallest absolute Gasteiger partial charge is 0.305 e. The Labute approximate surface area is 120 Å². The van der Waals surface area contributed by atoms with Crippen LogP contribution in [0, 0.1) is 5.82 Å². The van der Waals surface area contributed by atoms with Crippen molar-refractivity contribution in [1.29, 1.82) is 0 Å². The number of rotatable bonds is 2. The maximum atomic E-state index is 13.2. The molecule has 2 fully saturated rings. The molecule has 3 amide bonds. The van der Waals surface area contributed by atoms with Gasteiger partial charge in [0.15, 0.2) is 0 Å². The van der Waals surface area contributed by atoms with Gasteiger partial charge in [-0.1, -0.05) is 30.5 Å². The lowest BCUT2D eigenvalue weighted by Gasteiger charge is -2.31. The highest BCUT2D eigenvalue weighted by Gasteiger charge is 2.53. The fourth-order valence-corrected chi connectivity index (χ4v) is 3.30. The molecule has 1 aliphatic heterocycles. The zero-order valence-corrected chi connectivity index (χ0v) is 11.5. The van der Waals surface area contributed by atoms with Gasteiger partial charge in [0.05, 0.1) is 5.02 Å². The third-order valence-electron chi connectivity index (χ3n) is 4.16. The lowest BCUT2D eigenvalue weighted by Crippen LogP contribution is -2.46. The number of hydrogen-bond donors (Lipinski definition) is 1. The van der Waals surface area contributed by atoms with Gasteiger partial charge in [0, 0.05) is 6.54 Å². The van der Waals surface area contributed by atoms with E-state index in [9.17, 15) is 14.0 Å². The van der Waals surface area contributed by atoms with Gasteiger partial charge in [0.2, 0.25) is 0 Å². The summed E-state index contributed by atoms with van der Waals surface area (Å²) in [4.78, 5) is 25.6. The van der Waals surface area contributed by atoms with E-state index in [-0.39, 0.29) is 23.5 Å². The molecule has 1 saturated carbocycles. The van der Waals surface area contributed by atoms with Crippen LogP contribution >= 0.6 is 11.6 Å². The van der Waals surface area contributed by atoms with E-state index < -0.39 is 11.4 Å². The molecule has 4 nitrogen and oxygen atoms in total. The summed E-state index contributed by atoms with van der Waals surface area (Å²) in [6, 6.07) is 3.97. The monoisotopic (exact) mass is 296 g/mol. The number of halogens is 2. The third-order valence-corrected chi connectivity index (χ3v) is 4.45. The first-order chi connectivity index (χ1) is 9.53. The summed E-state index contributed by atoms with van der Waals surface area (Å²) >= 11 is 5.75. The van der Waals surface area contributed by atoms with Crippen molar-refractivity contribution in [3.8, 4) is 0 Å². The Hall–Kier alpha value is -1.62. The Kier molecular flexibility index (Phi) is 3.17. The molecule has 0 radical (unpaired) electrons. The molecule has 1 N–H and O–H groups in total. The predicted octanol–water partition coefficient (Wildman–Crippen LogP) is 2.84. The standard InChI is InChI=1S/C14H14ClFN2O2/c15-10-7-9(3-4-11(10)16)8-18-13(20)17-12(19)14(18)5-1-2-6-14/h3-4,7H,1-2,5-6,8H2,(H,17,19,20). The number of urea groups is 1. The van der Waals surface area contributed by atoms with Crippen molar-refractivity contribution >= 4 is 23.5 Å². The van der Waals surface area contributed by atoms with E-state index in [2.05, 4.69) is 5.32 Å². The van der Waals surface area contributed by atoms with Crippen LogP contribution in [0.25, 0.3) is 0 Å².